The highest BCUT2D eigenvalue weighted by atomic mass is 35.5. The van der Waals surface area contributed by atoms with E-state index in [0.29, 0.717) is 39.3 Å². The van der Waals surface area contributed by atoms with Crippen molar-refractivity contribution in [3.05, 3.63) is 63.8 Å². The average molecular weight is 698 g/mol. The van der Waals surface area contributed by atoms with Gasteiger partial charge in [-0.05, 0) is 93.9 Å². The Morgan fingerprint density at radius 1 is 1.00 bits per heavy atom. The monoisotopic (exact) mass is 696 g/mol. The van der Waals surface area contributed by atoms with Crippen LogP contribution in [0.25, 0.3) is 10.9 Å². The van der Waals surface area contributed by atoms with E-state index >= 15 is 0 Å². The SMILES string of the molecule is COC1CCN([C@]2(CC[C@H]3CC[C@H](C(=O)O)CC3)CCCN2C(=O)Cc2cc(Cl)c(NC(=O)c3cn(C)c4ccccc34)cc2Cl)CC1. The maximum Gasteiger partial charge on any atom is 0.306 e. The molecular formula is C37H46Cl2N4O5. The molecule has 1 aliphatic carbocycles. The van der Waals surface area contributed by atoms with E-state index in [1.807, 2.05) is 35.9 Å². The van der Waals surface area contributed by atoms with Gasteiger partial charge in [-0.1, -0.05) is 41.4 Å². The van der Waals surface area contributed by atoms with E-state index in [0.717, 1.165) is 88.2 Å². The lowest BCUT2D eigenvalue weighted by atomic mass is 9.78. The number of aliphatic carboxylic acids is 1. The first-order chi connectivity index (χ1) is 23.1. The number of nitrogens with zero attached hydrogens (tertiary/aromatic N) is 3. The number of fused-ring (bicyclic) bond motifs is 1. The molecule has 2 N–H and O–H groups in total. The van der Waals surface area contributed by atoms with Gasteiger partial charge in [-0.3, -0.25) is 19.3 Å². The number of halogens is 2. The number of benzene rings is 2. The molecule has 3 heterocycles. The second-order valence-electron chi connectivity index (χ2n) is 13.9. The van der Waals surface area contributed by atoms with Gasteiger partial charge in [0.2, 0.25) is 5.91 Å². The molecule has 1 atom stereocenters. The number of rotatable bonds is 10. The zero-order chi connectivity index (χ0) is 34.0. The van der Waals surface area contributed by atoms with Crippen LogP contribution in [0.2, 0.25) is 10.0 Å². The minimum Gasteiger partial charge on any atom is -0.481 e. The number of carbonyl (C=O) groups excluding carboxylic acids is 2. The van der Waals surface area contributed by atoms with Crippen LogP contribution in [0.4, 0.5) is 5.69 Å². The van der Waals surface area contributed by atoms with Gasteiger partial charge < -0.3 is 24.6 Å². The van der Waals surface area contributed by atoms with Gasteiger partial charge in [-0.2, -0.15) is 0 Å². The highest BCUT2D eigenvalue weighted by Gasteiger charge is 2.48. The first kappa shape index (κ1) is 34.7. The molecule has 48 heavy (non-hydrogen) atoms. The van der Waals surface area contributed by atoms with E-state index < -0.39 is 5.97 Å². The predicted octanol–water partition coefficient (Wildman–Crippen LogP) is 7.38. The van der Waals surface area contributed by atoms with E-state index in [2.05, 4.69) is 15.1 Å². The van der Waals surface area contributed by atoms with E-state index in [-0.39, 0.29) is 35.9 Å². The molecule has 258 valence electrons. The van der Waals surface area contributed by atoms with Crippen molar-refractivity contribution >= 4 is 57.6 Å². The van der Waals surface area contributed by atoms with Crippen molar-refractivity contribution in [2.75, 3.05) is 32.1 Å². The number of hydrogen-bond donors (Lipinski definition) is 2. The molecule has 0 spiro atoms. The summed E-state index contributed by atoms with van der Waals surface area (Å²) < 4.78 is 7.58. The van der Waals surface area contributed by atoms with Crippen LogP contribution in [0.1, 0.15) is 80.1 Å². The molecule has 3 fully saturated rings. The average Bonchev–Trinajstić information content (AvgIpc) is 3.68. The van der Waals surface area contributed by atoms with Crippen LogP contribution in [-0.4, -0.2) is 75.8 Å². The van der Waals surface area contributed by atoms with Crippen LogP contribution in [0, 0.1) is 11.8 Å². The highest BCUT2D eigenvalue weighted by molar-refractivity contribution is 6.36. The Labute approximate surface area is 292 Å². The predicted molar refractivity (Wildman–Crippen MR) is 189 cm³/mol. The number of ether oxygens (including phenoxy) is 1. The Morgan fingerprint density at radius 3 is 2.44 bits per heavy atom. The van der Waals surface area contributed by atoms with Crippen LogP contribution in [0.15, 0.2) is 42.6 Å². The number of amides is 2. The minimum absolute atomic E-state index is 0.0152. The molecule has 1 saturated carbocycles. The van der Waals surface area contributed by atoms with Crippen LogP contribution in [0.5, 0.6) is 0 Å². The van der Waals surface area contributed by atoms with E-state index in [9.17, 15) is 19.5 Å². The molecule has 3 aliphatic rings. The van der Waals surface area contributed by atoms with Crippen molar-refractivity contribution in [3.8, 4) is 0 Å². The summed E-state index contributed by atoms with van der Waals surface area (Å²) in [6, 6.07) is 11.0. The first-order valence-corrected chi connectivity index (χ1v) is 18.0. The van der Waals surface area contributed by atoms with E-state index in [1.165, 1.54) is 0 Å². The smallest absolute Gasteiger partial charge is 0.306 e. The summed E-state index contributed by atoms with van der Waals surface area (Å²) in [6.07, 6.45) is 11.0. The maximum atomic E-state index is 14.2. The summed E-state index contributed by atoms with van der Waals surface area (Å²) in [6.45, 7) is 2.41. The molecule has 1 aromatic heterocycles. The Morgan fingerprint density at radius 2 is 1.73 bits per heavy atom. The number of aromatic nitrogens is 1. The van der Waals surface area contributed by atoms with Crippen molar-refractivity contribution in [3.63, 3.8) is 0 Å². The molecule has 2 saturated heterocycles. The lowest BCUT2D eigenvalue weighted by molar-refractivity contribution is -0.147. The topological polar surface area (TPSA) is 104 Å². The fraction of sp³-hybridized carbons (Fsp3) is 0.541. The van der Waals surface area contributed by atoms with Crippen molar-refractivity contribution in [1.82, 2.24) is 14.4 Å². The summed E-state index contributed by atoms with van der Waals surface area (Å²) in [4.78, 5) is 43.7. The van der Waals surface area contributed by atoms with Crippen molar-refractivity contribution in [2.24, 2.45) is 18.9 Å². The number of nitrogens with one attached hydrogen (secondary N) is 1. The van der Waals surface area contributed by atoms with Gasteiger partial charge in [0.05, 0.1) is 40.4 Å². The molecule has 2 amide bonds. The Kier molecular flexibility index (Phi) is 10.7. The van der Waals surface area contributed by atoms with Gasteiger partial charge in [-0.25, -0.2) is 0 Å². The summed E-state index contributed by atoms with van der Waals surface area (Å²) in [5, 5.41) is 13.9. The highest BCUT2D eigenvalue weighted by Crippen LogP contribution is 2.43. The fourth-order valence-corrected chi connectivity index (χ4v) is 8.86. The zero-order valence-corrected chi connectivity index (χ0v) is 29.4. The third-order valence-electron chi connectivity index (χ3n) is 11.1. The zero-order valence-electron chi connectivity index (χ0n) is 27.9. The molecule has 2 aromatic carbocycles. The third kappa shape index (κ3) is 7.11. The second-order valence-corrected chi connectivity index (χ2v) is 14.7. The number of methoxy groups -OCH3 is 1. The van der Waals surface area contributed by atoms with Gasteiger partial charge in [0.1, 0.15) is 0 Å². The molecule has 3 aromatic rings. The summed E-state index contributed by atoms with van der Waals surface area (Å²) in [5.74, 6) is -0.721. The molecule has 0 unspecified atom stereocenters. The standard InChI is InChI=1S/C37H46Cl2N4O5/c1-41-23-29(28-6-3-4-7-33(28)41)35(45)40-32-22-30(38)26(20-31(32)39)21-34(44)43-17-5-15-37(43,42-18-13-27(48-2)14-19-42)16-12-24-8-10-25(11-9-24)36(46)47/h3-4,6-7,20,22-25,27H,5,8-19,21H2,1-2H3,(H,40,45)(H,46,47)/t24-,25-,37-/m1/s1. The number of aryl methyl sites for hydroxylation is 1. The van der Waals surface area contributed by atoms with Gasteiger partial charge in [0.15, 0.2) is 0 Å². The quantitative estimate of drug-likeness (QED) is 0.229. The van der Waals surface area contributed by atoms with Crippen molar-refractivity contribution < 1.29 is 24.2 Å². The van der Waals surface area contributed by atoms with Crippen molar-refractivity contribution in [2.45, 2.75) is 82.4 Å². The molecule has 9 nitrogen and oxygen atoms in total. The van der Waals surface area contributed by atoms with Gasteiger partial charge in [-0.15, -0.1) is 0 Å². The number of carbonyl (C=O) groups is 3. The van der Waals surface area contributed by atoms with Crippen LogP contribution < -0.4 is 5.32 Å². The van der Waals surface area contributed by atoms with E-state index in [4.69, 9.17) is 27.9 Å². The molecule has 0 radical (unpaired) electrons. The Balaban J connectivity index is 1.18. The molecular weight excluding hydrogens is 651 g/mol. The molecule has 11 heteroatoms. The summed E-state index contributed by atoms with van der Waals surface area (Å²) in [5.41, 5.74) is 2.12. The van der Waals surface area contributed by atoms with Gasteiger partial charge in [0, 0.05) is 55.9 Å². The maximum absolute atomic E-state index is 14.2. The Bertz CT molecular complexity index is 1660. The molecule has 6 rings (SSSR count). The Hall–Kier alpha value is -3.11. The molecule has 0 bridgehead atoms. The van der Waals surface area contributed by atoms with Crippen LogP contribution >= 0.6 is 23.2 Å². The number of carboxylic acid groups (broad SMARTS) is 1. The van der Waals surface area contributed by atoms with E-state index in [1.54, 1.807) is 25.4 Å². The number of carboxylic acids is 1. The summed E-state index contributed by atoms with van der Waals surface area (Å²) >= 11 is 13.5. The van der Waals surface area contributed by atoms with Crippen LogP contribution in [0.3, 0.4) is 0 Å². The van der Waals surface area contributed by atoms with Crippen molar-refractivity contribution in [1.29, 1.82) is 0 Å². The van der Waals surface area contributed by atoms with Gasteiger partial charge in [0.25, 0.3) is 5.91 Å². The number of para-hydroxylation sites is 1. The number of piperidine rings is 1. The second kappa shape index (κ2) is 14.8. The number of anilines is 1. The molecule has 2 aliphatic heterocycles. The van der Waals surface area contributed by atoms with Gasteiger partial charge >= 0.3 is 5.97 Å². The number of hydrogen-bond acceptors (Lipinski definition) is 5. The minimum atomic E-state index is -0.683. The lowest BCUT2D eigenvalue weighted by Crippen LogP contribution is -2.61. The normalized spacial score (nSPS) is 23.9. The van der Waals surface area contributed by atoms with Crippen LogP contribution in [-0.2, 0) is 27.8 Å². The fourth-order valence-electron chi connectivity index (χ4n) is 8.40. The number of likely N-dealkylation sites (tertiary alicyclic amines) is 2. The largest absolute Gasteiger partial charge is 0.481 e. The first-order valence-electron chi connectivity index (χ1n) is 17.2. The lowest BCUT2D eigenvalue weighted by Gasteiger charge is -2.50. The third-order valence-corrected chi connectivity index (χ3v) is 11.8. The summed E-state index contributed by atoms with van der Waals surface area (Å²) in [7, 11) is 3.67.